The van der Waals surface area contributed by atoms with Crippen molar-refractivity contribution >= 4 is 12.4 Å². The second-order valence-corrected chi connectivity index (χ2v) is 3.65. The Morgan fingerprint density at radius 2 is 2.28 bits per heavy atom. The number of rotatable bonds is 1. The number of hydrogen-bond donors (Lipinski definition) is 2. The van der Waals surface area contributed by atoms with E-state index >= 15 is 0 Å². The third-order valence-corrected chi connectivity index (χ3v) is 2.19. The van der Waals surface area contributed by atoms with Gasteiger partial charge in [-0.2, -0.15) is 0 Å². The summed E-state index contributed by atoms with van der Waals surface area (Å²) >= 11 is 0. The molecule has 0 aromatic heterocycles. The molecule has 1 saturated heterocycles. The van der Waals surface area contributed by atoms with Crippen molar-refractivity contribution in [3.8, 4) is 0 Å². The Labute approximate surface area is 101 Å². The summed E-state index contributed by atoms with van der Waals surface area (Å²) in [7, 11) is 0. The highest BCUT2D eigenvalue weighted by Gasteiger charge is 2.45. The summed E-state index contributed by atoms with van der Waals surface area (Å²) in [6.45, 7) is 1.76. The Morgan fingerprint density at radius 1 is 1.56 bits per heavy atom. The number of halogens is 2. The third kappa shape index (κ3) is 2.76. The molecule has 2 heterocycles. The lowest BCUT2D eigenvalue weighted by atomic mass is 10.2. The van der Waals surface area contributed by atoms with Crippen LogP contribution < -0.4 is 10.6 Å². The van der Waals surface area contributed by atoms with E-state index in [0.29, 0.717) is 6.41 Å². The maximum atomic E-state index is 12.9. The van der Waals surface area contributed by atoms with Crippen molar-refractivity contribution < 1.29 is 23.0 Å². The Bertz CT molecular complexity index is 446. The highest BCUT2D eigenvalue weighted by molar-refractivity contribution is 5.89. The summed E-state index contributed by atoms with van der Waals surface area (Å²) < 4.78 is 34.5. The molecule has 98 valence electrons. The number of nitrogens with one attached hydrogen (secondary N) is 2. The van der Waals surface area contributed by atoms with E-state index in [1.54, 1.807) is 6.92 Å². The number of alkyl halides is 2. The third-order valence-electron chi connectivity index (χ3n) is 2.19. The van der Waals surface area contributed by atoms with E-state index < -0.39 is 6.29 Å². The van der Waals surface area contributed by atoms with Crippen LogP contribution in [0.3, 0.4) is 0 Å². The summed E-state index contributed by atoms with van der Waals surface area (Å²) in [6, 6.07) is -0.370. The fourth-order valence-corrected chi connectivity index (χ4v) is 1.53. The molecule has 18 heavy (non-hydrogen) atoms. The highest BCUT2D eigenvalue weighted by Crippen LogP contribution is 2.36. The van der Waals surface area contributed by atoms with Crippen LogP contribution in [0, 0.1) is 0 Å². The van der Waals surface area contributed by atoms with Crippen LogP contribution in [0.5, 0.6) is 0 Å². The van der Waals surface area contributed by atoms with Gasteiger partial charge in [-0.25, -0.2) is 4.99 Å². The van der Waals surface area contributed by atoms with E-state index in [2.05, 4.69) is 25.1 Å². The summed E-state index contributed by atoms with van der Waals surface area (Å²) in [5, 5.41) is 5.18. The summed E-state index contributed by atoms with van der Waals surface area (Å²) in [5.41, 5.74) is 0. The molecule has 1 atom stereocenters. The summed E-state index contributed by atoms with van der Waals surface area (Å²) in [5.74, 6) is 0.130. The van der Waals surface area contributed by atoms with E-state index in [4.69, 9.17) is 0 Å². The van der Waals surface area contributed by atoms with Gasteiger partial charge in [0.1, 0.15) is 0 Å². The quantitative estimate of drug-likeness (QED) is 0.670. The predicted molar refractivity (Wildman–Crippen MR) is 57.4 cm³/mol. The van der Waals surface area contributed by atoms with Gasteiger partial charge >= 0.3 is 6.29 Å². The Morgan fingerprint density at radius 3 is 3.00 bits per heavy atom. The van der Waals surface area contributed by atoms with Crippen LogP contribution in [0.4, 0.5) is 8.78 Å². The zero-order valence-electron chi connectivity index (χ0n) is 9.44. The van der Waals surface area contributed by atoms with Crippen molar-refractivity contribution in [2.45, 2.75) is 19.3 Å². The number of ether oxygens (including phenoxy) is 2. The molecule has 0 aromatic rings. The number of nitrogens with zero attached hydrogens (tertiary/aromatic N) is 1. The molecule has 1 amide bonds. The minimum Gasteiger partial charge on any atom is -0.396 e. The van der Waals surface area contributed by atoms with Crippen molar-refractivity contribution in [3.63, 3.8) is 0 Å². The highest BCUT2D eigenvalue weighted by atomic mass is 19.3. The molecule has 1 unspecified atom stereocenters. The molecule has 0 aliphatic carbocycles. The maximum Gasteiger partial charge on any atom is 0.586 e. The lowest BCUT2D eigenvalue weighted by Gasteiger charge is -2.12. The minimum atomic E-state index is -3.65. The fraction of sp³-hybridized carbons (Fsp3) is 0.400. The van der Waals surface area contributed by atoms with Gasteiger partial charge in [0, 0.05) is 6.04 Å². The molecular formula is C10H11F2N3O3. The number of amides is 1. The van der Waals surface area contributed by atoms with Crippen LogP contribution in [-0.4, -0.2) is 31.3 Å². The van der Waals surface area contributed by atoms with Gasteiger partial charge in [-0.05, 0) is 19.1 Å². The smallest absolute Gasteiger partial charge is 0.396 e. The van der Waals surface area contributed by atoms with Gasteiger partial charge in [0.05, 0.1) is 6.54 Å². The second kappa shape index (κ2) is 4.63. The number of aliphatic imine (C=N–C) groups is 1. The Hall–Kier alpha value is -2.12. The van der Waals surface area contributed by atoms with Crippen molar-refractivity contribution in [2.24, 2.45) is 4.99 Å². The zero-order chi connectivity index (χ0) is 13.2. The molecule has 0 saturated carbocycles. The molecule has 0 bridgehead atoms. The van der Waals surface area contributed by atoms with Crippen LogP contribution >= 0.6 is 0 Å². The van der Waals surface area contributed by atoms with Gasteiger partial charge in [-0.15, -0.1) is 8.78 Å². The standard InChI is InChI=1S/C10H11F2N3O3/c1-6-4-8-7(17-10(11,12)18-8)2-3-13-9(15-6)14-5-16/h2,4-6H,3H2,1H3,(H2,13,14,15,16)/b7-2+,8-4+. The number of carbonyl (C=O) groups is 1. The molecule has 2 aliphatic heterocycles. The fourth-order valence-electron chi connectivity index (χ4n) is 1.53. The zero-order valence-corrected chi connectivity index (χ0v) is 9.44. The van der Waals surface area contributed by atoms with Gasteiger partial charge in [0.15, 0.2) is 17.5 Å². The molecule has 0 radical (unpaired) electrons. The molecule has 0 aromatic carbocycles. The second-order valence-electron chi connectivity index (χ2n) is 3.65. The minimum absolute atomic E-state index is 0.0532. The van der Waals surface area contributed by atoms with Crippen molar-refractivity contribution in [1.82, 2.24) is 10.6 Å². The molecular weight excluding hydrogens is 248 g/mol. The van der Waals surface area contributed by atoms with Gasteiger partial charge in [-0.1, -0.05) is 0 Å². The largest absolute Gasteiger partial charge is 0.586 e. The molecule has 2 rings (SSSR count). The normalized spacial score (nSPS) is 31.3. The van der Waals surface area contributed by atoms with Crippen LogP contribution in [0.15, 0.2) is 28.7 Å². The molecule has 2 aliphatic rings. The van der Waals surface area contributed by atoms with Gasteiger partial charge < -0.3 is 14.8 Å². The predicted octanol–water partition coefficient (Wildman–Crippen LogP) is 0.445. The van der Waals surface area contributed by atoms with E-state index in [9.17, 15) is 13.6 Å². The first-order valence-corrected chi connectivity index (χ1v) is 5.19. The summed E-state index contributed by atoms with van der Waals surface area (Å²) in [6.07, 6.45) is -0.415. The summed E-state index contributed by atoms with van der Waals surface area (Å²) in [4.78, 5) is 14.3. The molecule has 2 N–H and O–H groups in total. The SMILES string of the molecule is CC1/C=C2/OC(F)(F)O/C2=C/CN=C(NC=O)N1. The van der Waals surface area contributed by atoms with Gasteiger partial charge in [-0.3, -0.25) is 10.1 Å². The molecule has 0 spiro atoms. The van der Waals surface area contributed by atoms with Crippen molar-refractivity contribution in [1.29, 1.82) is 0 Å². The average Bonchev–Trinajstić information content (AvgIpc) is 2.54. The van der Waals surface area contributed by atoms with Crippen LogP contribution in [0.25, 0.3) is 0 Å². The molecule has 8 heteroatoms. The van der Waals surface area contributed by atoms with E-state index in [-0.39, 0.29) is 30.1 Å². The van der Waals surface area contributed by atoms with Gasteiger partial charge in [0.2, 0.25) is 6.41 Å². The topological polar surface area (TPSA) is 72.0 Å². The van der Waals surface area contributed by atoms with Crippen molar-refractivity contribution in [3.05, 3.63) is 23.7 Å². The first-order valence-electron chi connectivity index (χ1n) is 5.19. The van der Waals surface area contributed by atoms with Crippen LogP contribution in [0.1, 0.15) is 6.92 Å². The van der Waals surface area contributed by atoms with Crippen LogP contribution in [-0.2, 0) is 14.3 Å². The lowest BCUT2D eigenvalue weighted by Crippen LogP contribution is -2.41. The van der Waals surface area contributed by atoms with E-state index in [1.807, 2.05) is 0 Å². The number of hydrogen-bond acceptors (Lipinski definition) is 5. The van der Waals surface area contributed by atoms with Crippen molar-refractivity contribution in [2.75, 3.05) is 6.54 Å². The maximum absolute atomic E-state index is 12.9. The molecule has 1 fully saturated rings. The number of carbonyl (C=O) groups excluding carboxylic acids is 1. The lowest BCUT2D eigenvalue weighted by molar-refractivity contribution is -0.326. The Kier molecular flexibility index (Phi) is 3.17. The monoisotopic (exact) mass is 259 g/mol. The van der Waals surface area contributed by atoms with Gasteiger partial charge in [0.25, 0.3) is 0 Å². The van der Waals surface area contributed by atoms with Crippen LogP contribution in [0.2, 0.25) is 0 Å². The average molecular weight is 259 g/mol. The number of guanidine groups is 1. The van der Waals surface area contributed by atoms with E-state index in [0.717, 1.165) is 0 Å². The first kappa shape index (κ1) is 12.3. The number of fused-ring (bicyclic) bond motifs is 1. The molecule has 6 nitrogen and oxygen atoms in total. The Balaban J connectivity index is 2.25. The first-order chi connectivity index (χ1) is 8.50. The van der Waals surface area contributed by atoms with E-state index in [1.165, 1.54) is 12.2 Å².